The van der Waals surface area contributed by atoms with Gasteiger partial charge in [0, 0.05) is 24.3 Å². The highest BCUT2D eigenvalue weighted by molar-refractivity contribution is 5.82. The normalized spacial score (nSPS) is 10.2. The largest absolute Gasteiger partial charge is 0.333 e. The van der Waals surface area contributed by atoms with Crippen molar-refractivity contribution in [2.45, 2.75) is 13.5 Å². The van der Waals surface area contributed by atoms with Gasteiger partial charge in [0.15, 0.2) is 0 Å². The first kappa shape index (κ1) is 7.81. The predicted molar refractivity (Wildman–Crippen MR) is 50.1 cm³/mol. The van der Waals surface area contributed by atoms with Gasteiger partial charge in [-0.2, -0.15) is 5.26 Å². The lowest BCUT2D eigenvalue weighted by molar-refractivity contribution is 0.787. The number of pyridine rings is 1. The molecule has 13 heavy (non-hydrogen) atoms. The van der Waals surface area contributed by atoms with Crippen LogP contribution in [0.15, 0.2) is 24.5 Å². The van der Waals surface area contributed by atoms with Crippen molar-refractivity contribution in [1.29, 1.82) is 5.26 Å². The Balaban J connectivity index is 2.81. The van der Waals surface area contributed by atoms with E-state index in [2.05, 4.69) is 18.0 Å². The number of aromatic nitrogens is 2. The molecule has 2 aromatic heterocycles. The summed E-state index contributed by atoms with van der Waals surface area (Å²) in [7, 11) is 0. The van der Waals surface area contributed by atoms with E-state index in [0.29, 0.717) is 5.56 Å². The van der Waals surface area contributed by atoms with E-state index in [1.54, 1.807) is 12.3 Å². The topological polar surface area (TPSA) is 41.6 Å². The van der Waals surface area contributed by atoms with Crippen molar-refractivity contribution in [2.75, 3.05) is 0 Å². The summed E-state index contributed by atoms with van der Waals surface area (Å²) < 4.78 is 2.02. The van der Waals surface area contributed by atoms with E-state index >= 15 is 0 Å². The molecule has 0 N–H and O–H groups in total. The number of nitrogens with zero attached hydrogens (tertiary/aromatic N) is 3. The van der Waals surface area contributed by atoms with E-state index in [-0.39, 0.29) is 0 Å². The molecule has 64 valence electrons. The fraction of sp³-hybridized carbons (Fsp3) is 0.200. The molecule has 2 rings (SSSR count). The van der Waals surface area contributed by atoms with Crippen LogP contribution < -0.4 is 0 Å². The Morgan fingerprint density at radius 2 is 2.38 bits per heavy atom. The molecule has 0 fully saturated rings. The summed E-state index contributed by atoms with van der Waals surface area (Å²) in [6.07, 6.45) is 3.63. The summed E-state index contributed by atoms with van der Waals surface area (Å²) in [5.41, 5.74) is 1.58. The van der Waals surface area contributed by atoms with Crippen LogP contribution in [0.25, 0.3) is 11.0 Å². The smallest absolute Gasteiger partial charge is 0.141 e. The standard InChI is InChI=1S/C10H9N3/c1-2-13-6-4-9-8(7-11)3-5-12-10(9)13/h3-6H,2H2,1H3. The first-order chi connectivity index (χ1) is 6.36. The minimum absolute atomic E-state index is 0.692. The van der Waals surface area contributed by atoms with Crippen LogP contribution in [0.3, 0.4) is 0 Å². The molecule has 2 aromatic rings. The lowest BCUT2D eigenvalue weighted by Gasteiger charge is -1.98. The van der Waals surface area contributed by atoms with Crippen LogP contribution in [0.2, 0.25) is 0 Å². The third-order valence-electron chi connectivity index (χ3n) is 2.12. The summed E-state index contributed by atoms with van der Waals surface area (Å²) in [6.45, 7) is 2.94. The molecule has 3 nitrogen and oxygen atoms in total. The van der Waals surface area contributed by atoms with Crippen LogP contribution in [-0.2, 0) is 6.54 Å². The van der Waals surface area contributed by atoms with E-state index in [9.17, 15) is 0 Å². The number of aryl methyl sites for hydroxylation is 1. The van der Waals surface area contributed by atoms with E-state index < -0.39 is 0 Å². The highest BCUT2D eigenvalue weighted by Crippen LogP contribution is 2.16. The van der Waals surface area contributed by atoms with Crippen molar-refractivity contribution in [3.63, 3.8) is 0 Å². The van der Waals surface area contributed by atoms with Crippen molar-refractivity contribution in [2.24, 2.45) is 0 Å². The second kappa shape index (κ2) is 2.91. The molecule has 0 aliphatic carbocycles. The van der Waals surface area contributed by atoms with Crippen LogP contribution in [0.4, 0.5) is 0 Å². The Morgan fingerprint density at radius 3 is 3.08 bits per heavy atom. The lowest BCUT2D eigenvalue weighted by Crippen LogP contribution is -1.93. The highest BCUT2D eigenvalue weighted by atomic mass is 15.0. The van der Waals surface area contributed by atoms with Gasteiger partial charge in [-0.05, 0) is 19.1 Å². The monoisotopic (exact) mass is 171 g/mol. The van der Waals surface area contributed by atoms with E-state index in [4.69, 9.17) is 5.26 Å². The first-order valence-corrected chi connectivity index (χ1v) is 4.20. The summed E-state index contributed by atoms with van der Waals surface area (Å²) in [5, 5.41) is 9.77. The van der Waals surface area contributed by atoms with Gasteiger partial charge in [0.25, 0.3) is 0 Å². The summed E-state index contributed by atoms with van der Waals surface area (Å²) in [6, 6.07) is 5.83. The van der Waals surface area contributed by atoms with Gasteiger partial charge in [-0.3, -0.25) is 0 Å². The van der Waals surface area contributed by atoms with E-state index in [1.807, 2.05) is 16.8 Å². The molecule has 0 unspecified atom stereocenters. The van der Waals surface area contributed by atoms with Gasteiger partial charge in [-0.15, -0.1) is 0 Å². The molecule has 0 atom stereocenters. The summed E-state index contributed by atoms with van der Waals surface area (Å²) in [4.78, 5) is 4.23. The quantitative estimate of drug-likeness (QED) is 0.657. The molecule has 0 aliphatic rings. The van der Waals surface area contributed by atoms with Crippen molar-refractivity contribution in [3.05, 3.63) is 30.1 Å². The van der Waals surface area contributed by atoms with Crippen LogP contribution in [0.1, 0.15) is 12.5 Å². The number of hydrogen-bond donors (Lipinski definition) is 0. The first-order valence-electron chi connectivity index (χ1n) is 4.20. The second-order valence-corrected chi connectivity index (χ2v) is 2.81. The van der Waals surface area contributed by atoms with Gasteiger partial charge < -0.3 is 4.57 Å². The maximum atomic E-state index is 8.83. The lowest BCUT2D eigenvalue weighted by atomic mass is 10.2. The SMILES string of the molecule is CCn1ccc2c(C#N)ccnc21. The van der Waals surface area contributed by atoms with Crippen LogP contribution in [0.5, 0.6) is 0 Å². The maximum Gasteiger partial charge on any atom is 0.141 e. The zero-order valence-corrected chi connectivity index (χ0v) is 7.36. The van der Waals surface area contributed by atoms with Crippen LogP contribution in [0, 0.1) is 11.3 Å². The molecule has 2 heterocycles. The summed E-state index contributed by atoms with van der Waals surface area (Å²) in [5.74, 6) is 0. The predicted octanol–water partition coefficient (Wildman–Crippen LogP) is 1.93. The zero-order chi connectivity index (χ0) is 9.26. The van der Waals surface area contributed by atoms with E-state index in [0.717, 1.165) is 17.6 Å². The molecule has 0 aliphatic heterocycles. The average molecular weight is 171 g/mol. The van der Waals surface area contributed by atoms with Crippen molar-refractivity contribution >= 4 is 11.0 Å². The van der Waals surface area contributed by atoms with Crippen LogP contribution in [-0.4, -0.2) is 9.55 Å². The van der Waals surface area contributed by atoms with Gasteiger partial charge in [-0.25, -0.2) is 4.98 Å². The Hall–Kier alpha value is -1.82. The average Bonchev–Trinajstić information content (AvgIpc) is 2.60. The molecule has 0 saturated heterocycles. The fourth-order valence-corrected chi connectivity index (χ4v) is 1.44. The van der Waals surface area contributed by atoms with Crippen molar-refractivity contribution in [3.8, 4) is 6.07 Å². The van der Waals surface area contributed by atoms with Crippen molar-refractivity contribution in [1.82, 2.24) is 9.55 Å². The number of hydrogen-bond acceptors (Lipinski definition) is 2. The molecule has 0 radical (unpaired) electrons. The Kier molecular flexibility index (Phi) is 1.75. The van der Waals surface area contributed by atoms with Crippen molar-refractivity contribution < 1.29 is 0 Å². The highest BCUT2D eigenvalue weighted by Gasteiger charge is 2.04. The van der Waals surface area contributed by atoms with E-state index in [1.165, 1.54) is 0 Å². The van der Waals surface area contributed by atoms with Crippen LogP contribution >= 0.6 is 0 Å². The maximum absolute atomic E-state index is 8.83. The minimum Gasteiger partial charge on any atom is -0.333 e. The molecule has 0 bridgehead atoms. The number of fused-ring (bicyclic) bond motifs is 1. The molecular formula is C10H9N3. The molecule has 0 aromatic carbocycles. The van der Waals surface area contributed by atoms with Gasteiger partial charge in [0.05, 0.1) is 11.6 Å². The third-order valence-corrected chi connectivity index (χ3v) is 2.12. The number of rotatable bonds is 1. The van der Waals surface area contributed by atoms with Gasteiger partial charge in [0.2, 0.25) is 0 Å². The van der Waals surface area contributed by atoms with Gasteiger partial charge in [-0.1, -0.05) is 0 Å². The molecule has 3 heteroatoms. The third kappa shape index (κ3) is 1.07. The Labute approximate surface area is 76.2 Å². The Morgan fingerprint density at radius 1 is 1.54 bits per heavy atom. The second-order valence-electron chi connectivity index (χ2n) is 2.81. The summed E-state index contributed by atoms with van der Waals surface area (Å²) >= 11 is 0. The zero-order valence-electron chi connectivity index (χ0n) is 7.36. The van der Waals surface area contributed by atoms with Gasteiger partial charge >= 0.3 is 0 Å². The van der Waals surface area contributed by atoms with Gasteiger partial charge in [0.1, 0.15) is 5.65 Å². The molecule has 0 saturated carbocycles. The molecular weight excluding hydrogens is 162 g/mol. The number of nitriles is 1. The molecule has 0 spiro atoms. The minimum atomic E-state index is 0.692. The Bertz CT molecular complexity index is 476. The molecule has 0 amide bonds. The fourth-order valence-electron chi connectivity index (χ4n) is 1.44.